The van der Waals surface area contributed by atoms with Crippen molar-refractivity contribution in [3.05, 3.63) is 58.6 Å². The van der Waals surface area contributed by atoms with Crippen molar-refractivity contribution in [1.29, 1.82) is 0 Å². The van der Waals surface area contributed by atoms with Crippen LogP contribution in [0.2, 0.25) is 5.02 Å². The summed E-state index contributed by atoms with van der Waals surface area (Å²) < 4.78 is 0. The second kappa shape index (κ2) is 6.15. The number of rotatable bonds is 3. The summed E-state index contributed by atoms with van der Waals surface area (Å²) in [5.41, 5.74) is 6.35. The van der Waals surface area contributed by atoms with Crippen LogP contribution in [-0.4, -0.2) is 22.1 Å². The molecule has 0 bridgehead atoms. The van der Waals surface area contributed by atoms with Gasteiger partial charge in [-0.1, -0.05) is 28.9 Å². The summed E-state index contributed by atoms with van der Waals surface area (Å²) in [4.78, 5) is 12.0. The maximum atomic E-state index is 12.0. The van der Waals surface area contributed by atoms with E-state index in [1.807, 2.05) is 0 Å². The van der Waals surface area contributed by atoms with Gasteiger partial charge in [-0.15, -0.1) is 0 Å². The quantitative estimate of drug-likeness (QED) is 0.302. The van der Waals surface area contributed by atoms with Crippen LogP contribution in [0, 0.1) is 0 Å². The minimum absolute atomic E-state index is 0.0875. The topological polar surface area (TPSA) is 108 Å². The van der Waals surface area contributed by atoms with Crippen LogP contribution in [0.5, 0.6) is 5.75 Å². The average molecular weight is 306 g/mol. The predicted molar refractivity (Wildman–Crippen MR) is 80.0 cm³/mol. The van der Waals surface area contributed by atoms with Crippen LogP contribution in [-0.2, 0) is 0 Å². The van der Waals surface area contributed by atoms with E-state index in [1.54, 1.807) is 18.2 Å². The maximum Gasteiger partial charge on any atom is 0.259 e. The van der Waals surface area contributed by atoms with Crippen LogP contribution in [0.3, 0.4) is 0 Å². The van der Waals surface area contributed by atoms with Crippen LogP contribution in [0.25, 0.3) is 0 Å². The van der Waals surface area contributed by atoms with Gasteiger partial charge < -0.3 is 21.4 Å². The number of halogens is 1. The average Bonchev–Trinajstić information content (AvgIpc) is 2.48. The second-order valence-electron chi connectivity index (χ2n) is 4.15. The molecule has 0 saturated heterocycles. The first-order valence-corrected chi connectivity index (χ1v) is 6.27. The number of nitrogens with zero attached hydrogens (tertiary/aromatic N) is 1. The minimum Gasteiger partial charge on any atom is -0.507 e. The summed E-state index contributed by atoms with van der Waals surface area (Å²) in [6.07, 6.45) is 0. The summed E-state index contributed by atoms with van der Waals surface area (Å²) in [5.74, 6) is -0.707. The first kappa shape index (κ1) is 14.7. The molecule has 2 aromatic carbocycles. The van der Waals surface area contributed by atoms with Crippen LogP contribution in [0.15, 0.2) is 47.6 Å². The van der Waals surface area contributed by atoms with Gasteiger partial charge in [-0.2, -0.15) is 0 Å². The van der Waals surface area contributed by atoms with E-state index in [0.29, 0.717) is 11.3 Å². The molecule has 0 aromatic heterocycles. The Hall–Kier alpha value is -2.73. The highest BCUT2D eigenvalue weighted by atomic mass is 35.5. The van der Waals surface area contributed by atoms with Crippen LogP contribution in [0.4, 0.5) is 5.69 Å². The Morgan fingerprint density at radius 1 is 1.24 bits per heavy atom. The molecular weight excluding hydrogens is 294 g/mol. The van der Waals surface area contributed by atoms with Crippen molar-refractivity contribution in [3.8, 4) is 5.75 Å². The van der Waals surface area contributed by atoms with Crippen molar-refractivity contribution in [2.75, 3.05) is 5.32 Å². The van der Waals surface area contributed by atoms with E-state index in [1.165, 1.54) is 24.3 Å². The molecule has 0 radical (unpaired) electrons. The summed E-state index contributed by atoms with van der Waals surface area (Å²) in [5, 5.41) is 23.9. The van der Waals surface area contributed by atoms with Gasteiger partial charge in [0.05, 0.1) is 16.3 Å². The molecule has 2 aromatic rings. The number of carbonyl (C=O) groups is 1. The molecule has 6 nitrogen and oxygen atoms in total. The molecule has 0 saturated carbocycles. The number of para-hydroxylation sites is 1. The van der Waals surface area contributed by atoms with Crippen molar-refractivity contribution < 1.29 is 15.1 Å². The fourth-order valence-corrected chi connectivity index (χ4v) is 1.92. The van der Waals surface area contributed by atoms with Gasteiger partial charge in [0.15, 0.2) is 5.84 Å². The smallest absolute Gasteiger partial charge is 0.259 e. The molecule has 7 heteroatoms. The van der Waals surface area contributed by atoms with Crippen molar-refractivity contribution in [2.24, 2.45) is 10.9 Å². The van der Waals surface area contributed by atoms with E-state index in [0.717, 1.165) is 0 Å². The zero-order chi connectivity index (χ0) is 15.4. The van der Waals surface area contributed by atoms with Gasteiger partial charge in [0, 0.05) is 5.56 Å². The van der Waals surface area contributed by atoms with Crippen LogP contribution >= 0.6 is 11.6 Å². The monoisotopic (exact) mass is 305 g/mol. The summed E-state index contributed by atoms with van der Waals surface area (Å²) in [6, 6.07) is 10.7. The summed E-state index contributed by atoms with van der Waals surface area (Å²) in [6.45, 7) is 0. The molecule has 0 atom stereocenters. The van der Waals surface area contributed by atoms with Crippen molar-refractivity contribution >= 4 is 29.0 Å². The zero-order valence-electron chi connectivity index (χ0n) is 10.7. The highest BCUT2D eigenvalue weighted by Crippen LogP contribution is 2.25. The summed E-state index contributed by atoms with van der Waals surface area (Å²) in [7, 11) is 0. The first-order chi connectivity index (χ1) is 10.0. The fraction of sp³-hybridized carbons (Fsp3) is 0. The number of carbonyl (C=O) groups excluding carboxylic acids is 1. The molecule has 2 rings (SSSR count). The number of anilines is 1. The third-order valence-corrected chi connectivity index (χ3v) is 3.08. The Morgan fingerprint density at radius 3 is 2.57 bits per heavy atom. The van der Waals surface area contributed by atoms with Crippen LogP contribution < -0.4 is 11.1 Å². The van der Waals surface area contributed by atoms with Crippen molar-refractivity contribution in [2.45, 2.75) is 0 Å². The Kier molecular flexibility index (Phi) is 4.30. The maximum absolute atomic E-state index is 12.0. The van der Waals surface area contributed by atoms with Gasteiger partial charge in [0.2, 0.25) is 0 Å². The molecule has 5 N–H and O–H groups in total. The van der Waals surface area contributed by atoms with Gasteiger partial charge >= 0.3 is 0 Å². The standard InChI is InChI=1S/C14H12ClN3O3/c15-10-7-8(13(16)18-21)5-6-11(10)17-14(20)9-3-1-2-4-12(9)19/h1-7,19,21H,(H2,16,18)(H,17,20). The molecule has 108 valence electrons. The Balaban J connectivity index is 2.25. The minimum atomic E-state index is -0.494. The van der Waals surface area contributed by atoms with Crippen LogP contribution in [0.1, 0.15) is 15.9 Å². The number of phenols is 1. The Bertz CT molecular complexity index is 716. The molecule has 21 heavy (non-hydrogen) atoms. The van der Waals surface area contributed by atoms with Gasteiger partial charge in [-0.05, 0) is 30.3 Å². The lowest BCUT2D eigenvalue weighted by Crippen LogP contribution is -2.15. The van der Waals surface area contributed by atoms with Gasteiger partial charge in [-0.25, -0.2) is 0 Å². The number of nitrogens with one attached hydrogen (secondary N) is 1. The Morgan fingerprint density at radius 2 is 1.95 bits per heavy atom. The number of nitrogens with two attached hydrogens (primary N) is 1. The van der Waals surface area contributed by atoms with Crippen molar-refractivity contribution in [3.63, 3.8) is 0 Å². The molecular formula is C14H12ClN3O3. The fourth-order valence-electron chi connectivity index (χ4n) is 1.69. The third kappa shape index (κ3) is 3.24. The number of amides is 1. The van der Waals surface area contributed by atoms with Crippen molar-refractivity contribution in [1.82, 2.24) is 0 Å². The highest BCUT2D eigenvalue weighted by molar-refractivity contribution is 6.34. The number of hydrogen-bond donors (Lipinski definition) is 4. The van der Waals surface area contributed by atoms with E-state index in [9.17, 15) is 9.90 Å². The highest BCUT2D eigenvalue weighted by Gasteiger charge is 2.13. The number of benzene rings is 2. The van der Waals surface area contributed by atoms with E-state index in [2.05, 4.69) is 10.5 Å². The van der Waals surface area contributed by atoms with E-state index in [4.69, 9.17) is 22.5 Å². The molecule has 0 fully saturated rings. The number of oxime groups is 1. The molecule has 0 unspecified atom stereocenters. The van der Waals surface area contributed by atoms with Gasteiger partial charge in [-0.3, -0.25) is 4.79 Å². The largest absolute Gasteiger partial charge is 0.507 e. The van der Waals surface area contributed by atoms with Gasteiger partial charge in [0.1, 0.15) is 5.75 Å². The normalized spacial score (nSPS) is 11.2. The molecule has 0 heterocycles. The molecule has 1 amide bonds. The number of aromatic hydroxyl groups is 1. The number of phenolic OH excluding ortho intramolecular Hbond substituents is 1. The van der Waals surface area contributed by atoms with E-state index in [-0.39, 0.29) is 22.2 Å². The second-order valence-corrected chi connectivity index (χ2v) is 4.56. The predicted octanol–water partition coefficient (Wildman–Crippen LogP) is 2.39. The van der Waals surface area contributed by atoms with Gasteiger partial charge in [0.25, 0.3) is 5.91 Å². The zero-order valence-corrected chi connectivity index (χ0v) is 11.5. The molecule has 0 aliphatic carbocycles. The lowest BCUT2D eigenvalue weighted by atomic mass is 10.1. The van der Waals surface area contributed by atoms with E-state index >= 15 is 0 Å². The summed E-state index contributed by atoms with van der Waals surface area (Å²) >= 11 is 6.03. The Labute approximate surface area is 125 Å². The molecule has 0 aliphatic rings. The number of hydrogen-bond acceptors (Lipinski definition) is 4. The lowest BCUT2D eigenvalue weighted by Gasteiger charge is -2.09. The van der Waals surface area contributed by atoms with E-state index < -0.39 is 5.91 Å². The molecule has 0 aliphatic heterocycles. The third-order valence-electron chi connectivity index (χ3n) is 2.77. The first-order valence-electron chi connectivity index (χ1n) is 5.89. The molecule has 0 spiro atoms. The SMILES string of the molecule is N/C(=N/O)c1ccc(NC(=O)c2ccccc2O)c(Cl)c1. The lowest BCUT2D eigenvalue weighted by molar-refractivity contribution is 0.102. The number of amidine groups is 1.